The van der Waals surface area contributed by atoms with Crippen molar-refractivity contribution in [3.8, 4) is 0 Å². The van der Waals surface area contributed by atoms with E-state index in [9.17, 15) is 9.90 Å². The number of carbonyl (C=O) groups is 1. The van der Waals surface area contributed by atoms with Crippen molar-refractivity contribution in [3.63, 3.8) is 0 Å². The van der Waals surface area contributed by atoms with E-state index >= 15 is 0 Å². The molecule has 1 N–H and O–H groups in total. The van der Waals surface area contributed by atoms with Crippen molar-refractivity contribution in [2.24, 2.45) is 5.92 Å². The van der Waals surface area contributed by atoms with E-state index in [-0.39, 0.29) is 5.97 Å². The molecular weight excluding hydrogens is 540 g/mol. The standard InChI is InChI=1S/C41H74O3/c1-3-5-7-9-11-13-15-16-17-18-19-21-22-24-26-31-35-39(41(43)44-37-38-33-29-28-30-34-38)40(42)36-32-27-25-23-20-14-12-10-8-6-4-2/h28-30,33-34,39-40,42H,3-27,31-32,35-37H2,1-2H3/t39-,40+/m0/s1. The lowest BCUT2D eigenvalue weighted by molar-refractivity contribution is -0.154. The van der Waals surface area contributed by atoms with Gasteiger partial charge in [-0.15, -0.1) is 0 Å². The first-order chi connectivity index (χ1) is 21.7. The summed E-state index contributed by atoms with van der Waals surface area (Å²) in [5.41, 5.74) is 1.00. The van der Waals surface area contributed by atoms with Crippen molar-refractivity contribution < 1.29 is 14.6 Å². The highest BCUT2D eigenvalue weighted by Crippen LogP contribution is 2.23. The summed E-state index contributed by atoms with van der Waals surface area (Å²) in [4.78, 5) is 13.1. The molecule has 0 radical (unpaired) electrons. The number of aliphatic hydroxyl groups excluding tert-OH is 1. The molecule has 0 bridgehead atoms. The van der Waals surface area contributed by atoms with E-state index in [0.717, 1.165) is 37.7 Å². The van der Waals surface area contributed by atoms with Crippen LogP contribution in [0, 0.1) is 5.92 Å². The van der Waals surface area contributed by atoms with E-state index in [0.29, 0.717) is 13.0 Å². The summed E-state index contributed by atoms with van der Waals surface area (Å²) in [6.07, 6.45) is 36.6. The normalized spacial score (nSPS) is 12.8. The number of carbonyl (C=O) groups excluding carboxylic acids is 1. The Morgan fingerprint density at radius 3 is 1.25 bits per heavy atom. The van der Waals surface area contributed by atoms with Gasteiger partial charge in [0.15, 0.2) is 0 Å². The molecule has 0 saturated carbocycles. The number of rotatable bonds is 33. The lowest BCUT2D eigenvalue weighted by Crippen LogP contribution is -2.30. The van der Waals surface area contributed by atoms with Gasteiger partial charge in [0.05, 0.1) is 12.0 Å². The first kappa shape index (κ1) is 40.7. The van der Waals surface area contributed by atoms with Gasteiger partial charge in [0.1, 0.15) is 6.61 Å². The zero-order valence-electron chi connectivity index (χ0n) is 29.5. The van der Waals surface area contributed by atoms with Crippen LogP contribution < -0.4 is 0 Å². The van der Waals surface area contributed by atoms with Gasteiger partial charge in [0.2, 0.25) is 0 Å². The molecule has 1 rings (SSSR count). The van der Waals surface area contributed by atoms with Crippen LogP contribution in [-0.4, -0.2) is 17.2 Å². The second kappa shape index (κ2) is 31.6. The van der Waals surface area contributed by atoms with Crippen LogP contribution in [0.5, 0.6) is 0 Å². The minimum absolute atomic E-state index is 0.217. The van der Waals surface area contributed by atoms with Crippen molar-refractivity contribution in [2.45, 2.75) is 213 Å². The first-order valence-electron chi connectivity index (χ1n) is 19.6. The van der Waals surface area contributed by atoms with Crippen LogP contribution in [0.1, 0.15) is 206 Å². The number of esters is 1. The summed E-state index contributed by atoms with van der Waals surface area (Å²) in [5.74, 6) is -0.612. The maximum absolute atomic E-state index is 13.1. The van der Waals surface area contributed by atoms with Gasteiger partial charge in [-0.05, 0) is 18.4 Å². The fourth-order valence-corrected chi connectivity index (χ4v) is 6.43. The van der Waals surface area contributed by atoms with Crippen LogP contribution in [-0.2, 0) is 16.1 Å². The molecule has 0 aliphatic carbocycles. The Kier molecular flexibility index (Phi) is 29.2. The summed E-state index contributed by atoms with van der Waals surface area (Å²) in [6, 6.07) is 9.89. The van der Waals surface area contributed by atoms with Gasteiger partial charge in [0.25, 0.3) is 0 Å². The van der Waals surface area contributed by atoms with E-state index < -0.39 is 12.0 Å². The number of unbranched alkanes of at least 4 members (excludes halogenated alkanes) is 25. The molecule has 0 saturated heterocycles. The van der Waals surface area contributed by atoms with E-state index in [4.69, 9.17) is 4.74 Å². The topological polar surface area (TPSA) is 46.5 Å². The van der Waals surface area contributed by atoms with Crippen LogP contribution in [0.25, 0.3) is 0 Å². The van der Waals surface area contributed by atoms with E-state index in [2.05, 4.69) is 13.8 Å². The van der Waals surface area contributed by atoms with Crippen LogP contribution >= 0.6 is 0 Å². The van der Waals surface area contributed by atoms with Gasteiger partial charge in [0, 0.05) is 0 Å². The lowest BCUT2D eigenvalue weighted by Gasteiger charge is -2.22. The van der Waals surface area contributed by atoms with Gasteiger partial charge >= 0.3 is 5.97 Å². The Labute approximate surface area is 274 Å². The van der Waals surface area contributed by atoms with Crippen LogP contribution in [0.15, 0.2) is 30.3 Å². The van der Waals surface area contributed by atoms with Gasteiger partial charge in [-0.2, -0.15) is 0 Å². The predicted molar refractivity (Wildman–Crippen MR) is 191 cm³/mol. The number of ether oxygens (including phenoxy) is 1. The second-order valence-electron chi connectivity index (χ2n) is 13.7. The molecule has 0 amide bonds. The maximum atomic E-state index is 13.1. The predicted octanol–water partition coefficient (Wildman–Crippen LogP) is 13.1. The van der Waals surface area contributed by atoms with Crippen molar-refractivity contribution in [3.05, 3.63) is 35.9 Å². The summed E-state index contributed by atoms with van der Waals surface area (Å²) >= 11 is 0. The molecule has 3 heteroatoms. The number of benzene rings is 1. The molecule has 0 fully saturated rings. The highest BCUT2D eigenvalue weighted by molar-refractivity contribution is 5.73. The van der Waals surface area contributed by atoms with Gasteiger partial charge in [-0.1, -0.05) is 218 Å². The molecular formula is C41H74O3. The Balaban J connectivity index is 2.20. The van der Waals surface area contributed by atoms with E-state index in [1.165, 1.54) is 148 Å². The molecule has 0 aliphatic heterocycles. The molecule has 0 unspecified atom stereocenters. The summed E-state index contributed by atoms with van der Waals surface area (Å²) in [5, 5.41) is 11.0. The van der Waals surface area contributed by atoms with Crippen molar-refractivity contribution in [1.29, 1.82) is 0 Å². The summed E-state index contributed by atoms with van der Waals surface area (Å²) < 4.78 is 5.70. The third-order valence-electron chi connectivity index (χ3n) is 9.46. The third kappa shape index (κ3) is 24.9. The zero-order chi connectivity index (χ0) is 31.8. The van der Waals surface area contributed by atoms with Crippen molar-refractivity contribution >= 4 is 5.97 Å². The Morgan fingerprint density at radius 1 is 0.523 bits per heavy atom. The number of hydrogen-bond donors (Lipinski definition) is 1. The molecule has 0 aromatic heterocycles. The summed E-state index contributed by atoms with van der Waals surface area (Å²) in [6.45, 7) is 4.85. The number of aliphatic hydroxyl groups is 1. The van der Waals surface area contributed by atoms with E-state index in [1.807, 2.05) is 30.3 Å². The molecule has 0 spiro atoms. The van der Waals surface area contributed by atoms with Crippen LogP contribution in [0.4, 0.5) is 0 Å². The Morgan fingerprint density at radius 2 is 0.864 bits per heavy atom. The van der Waals surface area contributed by atoms with Crippen LogP contribution in [0.3, 0.4) is 0 Å². The molecule has 2 atom stereocenters. The fourth-order valence-electron chi connectivity index (χ4n) is 6.43. The molecule has 0 heterocycles. The van der Waals surface area contributed by atoms with Gasteiger partial charge in [-0.25, -0.2) is 0 Å². The average molecular weight is 615 g/mol. The molecule has 1 aromatic carbocycles. The lowest BCUT2D eigenvalue weighted by atomic mass is 9.91. The smallest absolute Gasteiger partial charge is 0.311 e. The third-order valence-corrected chi connectivity index (χ3v) is 9.46. The van der Waals surface area contributed by atoms with Crippen LogP contribution in [0.2, 0.25) is 0 Å². The van der Waals surface area contributed by atoms with Crippen molar-refractivity contribution in [2.75, 3.05) is 0 Å². The maximum Gasteiger partial charge on any atom is 0.311 e. The quantitative estimate of drug-likeness (QED) is 0.0633. The molecule has 256 valence electrons. The number of hydrogen-bond acceptors (Lipinski definition) is 3. The fraction of sp³-hybridized carbons (Fsp3) is 0.829. The average Bonchev–Trinajstić information content (AvgIpc) is 3.04. The minimum Gasteiger partial charge on any atom is -0.461 e. The summed E-state index contributed by atoms with van der Waals surface area (Å²) in [7, 11) is 0. The molecule has 1 aromatic rings. The largest absolute Gasteiger partial charge is 0.461 e. The molecule has 3 nitrogen and oxygen atoms in total. The minimum atomic E-state index is -0.590. The first-order valence-corrected chi connectivity index (χ1v) is 19.6. The monoisotopic (exact) mass is 615 g/mol. The Bertz CT molecular complexity index is 718. The second-order valence-corrected chi connectivity index (χ2v) is 13.7. The SMILES string of the molecule is CCCCCCCCCCCCCCCCCC[C@H](C(=O)OCc1ccccc1)[C@H](O)CCCCCCCCCCCCC. The van der Waals surface area contributed by atoms with Gasteiger partial charge in [-0.3, -0.25) is 4.79 Å². The van der Waals surface area contributed by atoms with Gasteiger partial charge < -0.3 is 9.84 Å². The highest BCUT2D eigenvalue weighted by Gasteiger charge is 2.27. The molecule has 44 heavy (non-hydrogen) atoms. The Hall–Kier alpha value is -1.35. The van der Waals surface area contributed by atoms with E-state index in [1.54, 1.807) is 0 Å². The highest BCUT2D eigenvalue weighted by atomic mass is 16.5. The zero-order valence-corrected chi connectivity index (χ0v) is 29.5. The molecule has 0 aliphatic rings. The van der Waals surface area contributed by atoms with Crippen molar-refractivity contribution in [1.82, 2.24) is 0 Å².